The Balaban J connectivity index is 1.58. The number of rotatable bonds is 12. The summed E-state index contributed by atoms with van der Waals surface area (Å²) in [5.74, 6) is -0.715. The van der Waals surface area contributed by atoms with Gasteiger partial charge in [0.15, 0.2) is 0 Å². The number of carbonyl (C=O) groups is 4. The lowest BCUT2D eigenvalue weighted by Gasteiger charge is -2.35. The van der Waals surface area contributed by atoms with Crippen LogP contribution in [-0.4, -0.2) is 71.0 Å². The van der Waals surface area contributed by atoms with Crippen LogP contribution in [0.1, 0.15) is 71.8 Å². The fraction of sp³-hybridized carbons (Fsp3) is 0.655. The highest BCUT2D eigenvalue weighted by Crippen LogP contribution is 2.31. The molecule has 0 bridgehead atoms. The van der Waals surface area contributed by atoms with Gasteiger partial charge in [0.25, 0.3) is 0 Å². The van der Waals surface area contributed by atoms with E-state index in [0.29, 0.717) is 43.4 Å². The van der Waals surface area contributed by atoms with E-state index in [1.54, 1.807) is 0 Å². The maximum absolute atomic E-state index is 13.7. The zero-order valence-electron chi connectivity index (χ0n) is 23.7. The standard InChI is InChI=1S/C29H45N5O5/c1-20(36)31-24-11-9-22(10-12-24)16-30-25-13-14-33(18-25)28(38)26(29(2,3)4)32-27(37)23(17-34(39)19-35)15-21-7-5-6-8-21/h9-12,19,21,23,25-26,30,39H,5-8,13-18H2,1-4H3,(H,31,36)(H,32,37)/t23-,25-,26-/m1/s1. The average Bonchev–Trinajstić information content (AvgIpc) is 3.57. The molecule has 1 aliphatic heterocycles. The Kier molecular flexibility index (Phi) is 10.9. The van der Waals surface area contributed by atoms with Crippen molar-refractivity contribution in [3.05, 3.63) is 29.8 Å². The number of anilines is 1. The van der Waals surface area contributed by atoms with Crippen LogP contribution in [0.15, 0.2) is 24.3 Å². The number of nitrogens with zero attached hydrogens (tertiary/aromatic N) is 2. The highest BCUT2D eigenvalue weighted by atomic mass is 16.5. The number of benzene rings is 1. The highest BCUT2D eigenvalue weighted by molar-refractivity contribution is 5.89. The fourth-order valence-electron chi connectivity index (χ4n) is 5.57. The van der Waals surface area contributed by atoms with Gasteiger partial charge in [0, 0.05) is 38.3 Å². The molecule has 39 heavy (non-hydrogen) atoms. The first-order valence-electron chi connectivity index (χ1n) is 14.1. The van der Waals surface area contributed by atoms with Crippen molar-refractivity contribution in [3.8, 4) is 0 Å². The smallest absolute Gasteiger partial charge is 0.245 e. The van der Waals surface area contributed by atoms with Gasteiger partial charge in [-0.15, -0.1) is 0 Å². The Morgan fingerprint density at radius 3 is 2.38 bits per heavy atom. The van der Waals surface area contributed by atoms with Gasteiger partial charge in [-0.1, -0.05) is 58.6 Å². The molecule has 3 rings (SSSR count). The summed E-state index contributed by atoms with van der Waals surface area (Å²) in [6, 6.07) is 7.06. The van der Waals surface area contributed by atoms with E-state index in [-0.39, 0.29) is 30.3 Å². The Labute approximate surface area is 231 Å². The van der Waals surface area contributed by atoms with Crippen molar-refractivity contribution in [3.63, 3.8) is 0 Å². The molecule has 1 aromatic rings. The SMILES string of the molecule is CC(=O)Nc1ccc(CN[C@@H]2CCN(C(=O)[C@@H](NC(=O)[C@H](CC3CCCC3)CN(O)C=O)C(C)(C)C)C2)cc1. The summed E-state index contributed by atoms with van der Waals surface area (Å²) >= 11 is 0. The van der Waals surface area contributed by atoms with Crippen molar-refractivity contribution in [2.24, 2.45) is 17.3 Å². The van der Waals surface area contributed by atoms with E-state index in [1.807, 2.05) is 49.9 Å². The third kappa shape index (κ3) is 9.32. The van der Waals surface area contributed by atoms with Gasteiger partial charge in [0.2, 0.25) is 24.1 Å². The number of hydrogen-bond donors (Lipinski definition) is 4. The predicted octanol–water partition coefficient (Wildman–Crippen LogP) is 2.91. The second-order valence-electron chi connectivity index (χ2n) is 12.1. The molecule has 4 N–H and O–H groups in total. The van der Waals surface area contributed by atoms with Gasteiger partial charge in [-0.3, -0.25) is 24.4 Å². The summed E-state index contributed by atoms with van der Waals surface area (Å²) < 4.78 is 0. The number of carbonyl (C=O) groups excluding carboxylic acids is 4. The third-order valence-corrected chi connectivity index (χ3v) is 7.76. The van der Waals surface area contributed by atoms with Crippen molar-refractivity contribution in [1.29, 1.82) is 0 Å². The van der Waals surface area contributed by atoms with Crippen molar-refractivity contribution in [1.82, 2.24) is 20.6 Å². The highest BCUT2D eigenvalue weighted by Gasteiger charge is 2.39. The lowest BCUT2D eigenvalue weighted by atomic mass is 9.84. The van der Waals surface area contributed by atoms with E-state index >= 15 is 0 Å². The van der Waals surface area contributed by atoms with Gasteiger partial charge in [0.1, 0.15) is 6.04 Å². The zero-order valence-corrected chi connectivity index (χ0v) is 23.7. The second-order valence-corrected chi connectivity index (χ2v) is 12.1. The van der Waals surface area contributed by atoms with Crippen molar-refractivity contribution >= 4 is 29.8 Å². The van der Waals surface area contributed by atoms with Gasteiger partial charge < -0.3 is 20.9 Å². The van der Waals surface area contributed by atoms with Gasteiger partial charge in [0.05, 0.1) is 12.5 Å². The second kappa shape index (κ2) is 13.9. The van der Waals surface area contributed by atoms with E-state index in [1.165, 1.54) is 6.92 Å². The van der Waals surface area contributed by atoms with Crippen LogP contribution in [0.25, 0.3) is 0 Å². The molecule has 10 heteroatoms. The molecule has 0 unspecified atom stereocenters. The van der Waals surface area contributed by atoms with Crippen LogP contribution in [-0.2, 0) is 25.7 Å². The largest absolute Gasteiger partial charge is 0.344 e. The third-order valence-electron chi connectivity index (χ3n) is 7.76. The first kappa shape index (κ1) is 30.6. The molecule has 2 fully saturated rings. The number of hydroxylamine groups is 2. The molecule has 4 amide bonds. The van der Waals surface area contributed by atoms with Crippen LogP contribution in [0.5, 0.6) is 0 Å². The maximum atomic E-state index is 13.7. The monoisotopic (exact) mass is 543 g/mol. The number of hydrogen-bond acceptors (Lipinski definition) is 6. The van der Waals surface area contributed by atoms with Crippen molar-refractivity contribution < 1.29 is 24.4 Å². The van der Waals surface area contributed by atoms with E-state index < -0.39 is 17.4 Å². The van der Waals surface area contributed by atoms with E-state index in [4.69, 9.17) is 0 Å². The number of amides is 4. The van der Waals surface area contributed by atoms with Crippen LogP contribution in [0.3, 0.4) is 0 Å². The summed E-state index contributed by atoms with van der Waals surface area (Å²) in [6.45, 7) is 8.98. The molecule has 0 radical (unpaired) electrons. The lowest BCUT2D eigenvalue weighted by molar-refractivity contribution is -0.155. The van der Waals surface area contributed by atoms with Crippen LogP contribution in [0.2, 0.25) is 0 Å². The molecule has 10 nitrogen and oxygen atoms in total. The van der Waals surface area contributed by atoms with E-state index in [0.717, 1.165) is 43.4 Å². The first-order chi connectivity index (χ1) is 18.5. The van der Waals surface area contributed by atoms with E-state index in [2.05, 4.69) is 16.0 Å². The molecular formula is C29H45N5O5. The van der Waals surface area contributed by atoms with Gasteiger partial charge in [-0.25, -0.2) is 5.06 Å². The Hall–Kier alpha value is -2.98. The van der Waals surface area contributed by atoms with Crippen molar-refractivity contribution in [2.45, 2.75) is 84.8 Å². The quantitative estimate of drug-likeness (QED) is 0.182. The zero-order chi connectivity index (χ0) is 28.6. The number of nitrogens with one attached hydrogen (secondary N) is 3. The molecular weight excluding hydrogens is 498 g/mol. The Morgan fingerprint density at radius 1 is 1.13 bits per heavy atom. The first-order valence-corrected chi connectivity index (χ1v) is 14.1. The normalized spacial score (nSPS) is 19.4. The minimum Gasteiger partial charge on any atom is -0.344 e. The fourth-order valence-corrected chi connectivity index (χ4v) is 5.57. The van der Waals surface area contributed by atoms with Crippen LogP contribution in [0, 0.1) is 17.3 Å². The van der Waals surface area contributed by atoms with Gasteiger partial charge in [-0.05, 0) is 41.9 Å². The van der Waals surface area contributed by atoms with Crippen LogP contribution < -0.4 is 16.0 Å². The summed E-state index contributed by atoms with van der Waals surface area (Å²) in [6.07, 6.45) is 6.05. The molecule has 3 atom stereocenters. The van der Waals surface area contributed by atoms with Crippen LogP contribution >= 0.6 is 0 Å². The molecule has 1 aliphatic carbocycles. The predicted molar refractivity (Wildman–Crippen MR) is 149 cm³/mol. The molecule has 2 aliphatic rings. The Bertz CT molecular complexity index is 987. The lowest BCUT2D eigenvalue weighted by Crippen LogP contribution is -2.56. The van der Waals surface area contributed by atoms with Gasteiger partial charge in [-0.2, -0.15) is 0 Å². The minimum atomic E-state index is -0.723. The minimum absolute atomic E-state index is 0.0849. The average molecular weight is 544 g/mol. The van der Waals surface area contributed by atoms with Gasteiger partial charge >= 0.3 is 0 Å². The molecule has 1 saturated heterocycles. The molecule has 0 spiro atoms. The molecule has 0 aromatic heterocycles. The molecule has 1 saturated carbocycles. The maximum Gasteiger partial charge on any atom is 0.245 e. The van der Waals surface area contributed by atoms with E-state index in [9.17, 15) is 24.4 Å². The van der Waals surface area contributed by atoms with Crippen molar-refractivity contribution in [2.75, 3.05) is 25.0 Å². The summed E-state index contributed by atoms with van der Waals surface area (Å²) in [4.78, 5) is 51.1. The summed E-state index contributed by atoms with van der Waals surface area (Å²) in [5, 5.41) is 19.6. The summed E-state index contributed by atoms with van der Waals surface area (Å²) in [5.41, 5.74) is 1.31. The molecule has 216 valence electrons. The number of likely N-dealkylation sites (tertiary alicyclic amines) is 1. The topological polar surface area (TPSA) is 131 Å². The molecule has 1 aromatic carbocycles. The Morgan fingerprint density at radius 2 is 1.79 bits per heavy atom. The van der Waals surface area contributed by atoms with Crippen LogP contribution in [0.4, 0.5) is 5.69 Å². The molecule has 1 heterocycles. The summed E-state index contributed by atoms with van der Waals surface area (Å²) in [7, 11) is 0.